The SMILES string of the molecule is CCCC[C@H]1C[C@H](NC(=O)C2(CC(CCC)C(=O)O)CCCC2)CC[C@H]1C(N)=O. The maximum absolute atomic E-state index is 13.3. The molecule has 6 heteroatoms. The van der Waals surface area contributed by atoms with E-state index in [0.29, 0.717) is 12.8 Å². The lowest BCUT2D eigenvalue weighted by atomic mass is 9.72. The van der Waals surface area contributed by atoms with Crippen LogP contribution in [0.15, 0.2) is 0 Å². The van der Waals surface area contributed by atoms with Gasteiger partial charge in [-0.1, -0.05) is 46.0 Å². The summed E-state index contributed by atoms with van der Waals surface area (Å²) in [6.45, 7) is 4.13. The van der Waals surface area contributed by atoms with Gasteiger partial charge in [-0.3, -0.25) is 14.4 Å². The lowest BCUT2D eigenvalue weighted by Crippen LogP contribution is -2.49. The molecule has 0 radical (unpaired) electrons. The lowest BCUT2D eigenvalue weighted by molar-refractivity contribution is -0.144. The summed E-state index contributed by atoms with van der Waals surface area (Å²) in [5, 5.41) is 12.9. The molecule has 1 unspecified atom stereocenters. The Hall–Kier alpha value is -1.59. The van der Waals surface area contributed by atoms with Crippen molar-refractivity contribution in [3.8, 4) is 0 Å². The highest BCUT2D eigenvalue weighted by atomic mass is 16.4. The Bertz CT molecular complexity index is 571. The van der Waals surface area contributed by atoms with E-state index in [9.17, 15) is 19.5 Å². The number of carbonyl (C=O) groups is 3. The molecule has 2 amide bonds. The van der Waals surface area contributed by atoms with Crippen molar-refractivity contribution in [3.05, 3.63) is 0 Å². The van der Waals surface area contributed by atoms with Crippen molar-refractivity contribution < 1.29 is 19.5 Å². The largest absolute Gasteiger partial charge is 0.481 e. The molecule has 0 spiro atoms. The number of aliphatic carboxylic acids is 1. The lowest BCUT2D eigenvalue weighted by Gasteiger charge is -2.38. The number of nitrogens with two attached hydrogens (primary N) is 1. The summed E-state index contributed by atoms with van der Waals surface area (Å²) < 4.78 is 0. The molecule has 0 heterocycles. The maximum atomic E-state index is 13.3. The van der Waals surface area contributed by atoms with Crippen molar-refractivity contribution in [1.29, 1.82) is 0 Å². The standard InChI is InChI=1S/C23H40N2O4/c1-3-5-9-16-14-18(10-11-19(16)20(24)26)25-22(29)23(12-6-7-13-23)15-17(8-4-2)21(27)28/h16-19H,3-15H2,1-2H3,(H2,24,26)(H,25,29)(H,27,28)/t16-,17?,18+,19+/m0/s1. The molecule has 2 saturated carbocycles. The van der Waals surface area contributed by atoms with Gasteiger partial charge in [0.25, 0.3) is 0 Å². The summed E-state index contributed by atoms with van der Waals surface area (Å²) in [4.78, 5) is 36.9. The second kappa shape index (κ2) is 11.0. The number of primary amides is 1. The maximum Gasteiger partial charge on any atom is 0.306 e. The summed E-state index contributed by atoms with van der Waals surface area (Å²) in [5.74, 6) is -1.27. The Morgan fingerprint density at radius 3 is 2.38 bits per heavy atom. The third-order valence-electron chi connectivity index (χ3n) is 7.28. The van der Waals surface area contributed by atoms with E-state index in [-0.39, 0.29) is 29.7 Å². The minimum absolute atomic E-state index is 0.0362. The van der Waals surface area contributed by atoms with Crippen LogP contribution in [0.25, 0.3) is 0 Å². The van der Waals surface area contributed by atoms with Crippen LogP contribution in [-0.2, 0) is 14.4 Å². The van der Waals surface area contributed by atoms with Crippen molar-refractivity contribution in [2.24, 2.45) is 28.9 Å². The highest BCUT2D eigenvalue weighted by Gasteiger charge is 2.45. The van der Waals surface area contributed by atoms with Crippen LogP contribution in [0.2, 0.25) is 0 Å². The summed E-state index contributed by atoms with van der Waals surface area (Å²) in [5.41, 5.74) is 5.08. The number of carboxylic acid groups (broad SMARTS) is 1. The number of hydrogen-bond acceptors (Lipinski definition) is 3. The van der Waals surface area contributed by atoms with E-state index in [0.717, 1.165) is 70.6 Å². The highest BCUT2D eigenvalue weighted by molar-refractivity contribution is 5.84. The fraction of sp³-hybridized carbons (Fsp3) is 0.870. The van der Waals surface area contributed by atoms with Crippen LogP contribution < -0.4 is 11.1 Å². The summed E-state index contributed by atoms with van der Waals surface area (Å²) in [6, 6.07) is 0.0619. The Labute approximate surface area is 175 Å². The van der Waals surface area contributed by atoms with E-state index >= 15 is 0 Å². The molecule has 6 nitrogen and oxygen atoms in total. The first-order valence-electron chi connectivity index (χ1n) is 11.7. The molecule has 0 aromatic carbocycles. The minimum atomic E-state index is -0.785. The van der Waals surface area contributed by atoms with Crippen LogP contribution in [0.3, 0.4) is 0 Å². The molecule has 0 aromatic heterocycles. The average molecular weight is 409 g/mol. The van der Waals surface area contributed by atoms with Gasteiger partial charge in [-0.05, 0) is 57.3 Å². The molecule has 166 valence electrons. The minimum Gasteiger partial charge on any atom is -0.481 e. The van der Waals surface area contributed by atoms with E-state index in [4.69, 9.17) is 5.73 Å². The number of rotatable bonds is 11. The molecule has 0 saturated heterocycles. The third-order valence-corrected chi connectivity index (χ3v) is 7.28. The monoisotopic (exact) mass is 408 g/mol. The first kappa shape index (κ1) is 23.7. The molecule has 2 fully saturated rings. The molecule has 0 aromatic rings. The van der Waals surface area contributed by atoms with Crippen molar-refractivity contribution >= 4 is 17.8 Å². The zero-order chi connectivity index (χ0) is 21.4. The van der Waals surface area contributed by atoms with Gasteiger partial charge >= 0.3 is 5.97 Å². The molecule has 2 aliphatic carbocycles. The number of unbranched alkanes of at least 4 members (excludes halogenated alkanes) is 1. The average Bonchev–Trinajstić information content (AvgIpc) is 3.15. The molecular weight excluding hydrogens is 368 g/mol. The smallest absolute Gasteiger partial charge is 0.306 e. The third kappa shape index (κ3) is 6.19. The molecule has 2 rings (SSSR count). The van der Waals surface area contributed by atoms with Crippen LogP contribution in [0.1, 0.15) is 97.3 Å². The first-order valence-corrected chi connectivity index (χ1v) is 11.7. The van der Waals surface area contributed by atoms with Gasteiger partial charge in [0, 0.05) is 12.0 Å². The van der Waals surface area contributed by atoms with Gasteiger partial charge in [0.2, 0.25) is 11.8 Å². The van der Waals surface area contributed by atoms with Gasteiger partial charge in [0.05, 0.1) is 11.3 Å². The van der Waals surface area contributed by atoms with E-state index < -0.39 is 17.3 Å². The van der Waals surface area contributed by atoms with Gasteiger partial charge in [0.1, 0.15) is 0 Å². The summed E-state index contributed by atoms with van der Waals surface area (Å²) in [6.07, 6.45) is 10.8. The second-order valence-electron chi connectivity index (χ2n) is 9.41. The number of nitrogens with one attached hydrogen (secondary N) is 1. The quantitative estimate of drug-likeness (QED) is 0.480. The molecule has 0 aliphatic heterocycles. The summed E-state index contributed by atoms with van der Waals surface area (Å²) in [7, 11) is 0. The van der Waals surface area contributed by atoms with Gasteiger partial charge in [0.15, 0.2) is 0 Å². The summed E-state index contributed by atoms with van der Waals surface area (Å²) >= 11 is 0. The highest BCUT2D eigenvalue weighted by Crippen LogP contribution is 2.45. The van der Waals surface area contributed by atoms with Crippen LogP contribution in [0.5, 0.6) is 0 Å². The molecular formula is C23H40N2O4. The Morgan fingerprint density at radius 1 is 1.14 bits per heavy atom. The Morgan fingerprint density at radius 2 is 1.83 bits per heavy atom. The van der Waals surface area contributed by atoms with E-state index in [1.165, 1.54) is 0 Å². The predicted octanol–water partition coefficient (Wildman–Crippen LogP) is 4.01. The fourth-order valence-corrected chi connectivity index (χ4v) is 5.60. The van der Waals surface area contributed by atoms with Crippen molar-refractivity contribution in [2.75, 3.05) is 0 Å². The van der Waals surface area contributed by atoms with Crippen LogP contribution >= 0.6 is 0 Å². The normalized spacial score (nSPS) is 27.3. The number of amides is 2. The molecule has 4 N–H and O–H groups in total. The predicted molar refractivity (Wildman–Crippen MR) is 113 cm³/mol. The van der Waals surface area contributed by atoms with Crippen molar-refractivity contribution in [1.82, 2.24) is 5.32 Å². The van der Waals surface area contributed by atoms with Crippen LogP contribution in [0, 0.1) is 23.2 Å². The number of carbonyl (C=O) groups excluding carboxylic acids is 2. The zero-order valence-electron chi connectivity index (χ0n) is 18.3. The molecule has 29 heavy (non-hydrogen) atoms. The van der Waals surface area contributed by atoms with Gasteiger partial charge in [-0.15, -0.1) is 0 Å². The van der Waals surface area contributed by atoms with E-state index in [1.54, 1.807) is 0 Å². The molecule has 0 bridgehead atoms. The van der Waals surface area contributed by atoms with Crippen LogP contribution in [-0.4, -0.2) is 28.9 Å². The number of hydrogen-bond donors (Lipinski definition) is 3. The van der Waals surface area contributed by atoms with Crippen LogP contribution in [0.4, 0.5) is 0 Å². The molecule has 4 atom stereocenters. The topological polar surface area (TPSA) is 109 Å². The Balaban J connectivity index is 2.05. The van der Waals surface area contributed by atoms with Crippen molar-refractivity contribution in [3.63, 3.8) is 0 Å². The van der Waals surface area contributed by atoms with Crippen molar-refractivity contribution in [2.45, 2.75) is 103 Å². The van der Waals surface area contributed by atoms with Gasteiger partial charge < -0.3 is 16.2 Å². The van der Waals surface area contributed by atoms with Gasteiger partial charge in [-0.25, -0.2) is 0 Å². The number of carboxylic acids is 1. The fourth-order valence-electron chi connectivity index (χ4n) is 5.60. The zero-order valence-corrected chi connectivity index (χ0v) is 18.3. The Kier molecular flexibility index (Phi) is 8.97. The van der Waals surface area contributed by atoms with Gasteiger partial charge in [-0.2, -0.15) is 0 Å². The van der Waals surface area contributed by atoms with E-state index in [2.05, 4.69) is 12.2 Å². The molecule has 2 aliphatic rings. The first-order chi connectivity index (χ1) is 13.8. The van der Waals surface area contributed by atoms with E-state index in [1.807, 2.05) is 6.92 Å². The second-order valence-corrected chi connectivity index (χ2v) is 9.41.